The van der Waals surface area contributed by atoms with Gasteiger partial charge in [-0.15, -0.1) is 0 Å². The third kappa shape index (κ3) is 7.59. The summed E-state index contributed by atoms with van der Waals surface area (Å²) < 4.78 is 34.5. The molecule has 4 N–H and O–H groups in total. The summed E-state index contributed by atoms with van der Waals surface area (Å²) in [6.45, 7) is 4.43. The van der Waals surface area contributed by atoms with Crippen LogP contribution in [0.4, 0.5) is 8.78 Å². The van der Waals surface area contributed by atoms with Gasteiger partial charge in [-0.25, -0.2) is 8.78 Å². The number of nitrogens with two attached hydrogens (primary N) is 1. The minimum atomic E-state index is -2.83. The lowest BCUT2D eigenvalue weighted by atomic mass is 9.85. The van der Waals surface area contributed by atoms with Gasteiger partial charge in [0.25, 0.3) is 11.8 Å². The lowest BCUT2D eigenvalue weighted by Crippen LogP contribution is -2.52. The maximum absolute atomic E-state index is 14.5. The molecule has 0 aromatic rings. The van der Waals surface area contributed by atoms with Crippen LogP contribution in [0.3, 0.4) is 0 Å². The van der Waals surface area contributed by atoms with Gasteiger partial charge in [-0.2, -0.15) is 4.99 Å². The monoisotopic (exact) mass is 469 g/mol. The lowest BCUT2D eigenvalue weighted by molar-refractivity contribution is -0.129. The van der Waals surface area contributed by atoms with E-state index in [9.17, 15) is 13.6 Å². The molecule has 33 heavy (non-hydrogen) atoms. The standard InChI is InChI=1S/C22H31F2N5O2.CH2O.2H2/c1-15(21(30)28-19(25)8-9-20(26)31-17-6-2-3-7-17)29-12-10-22(23,24)18(14-29)16-5-4-11-27-13-16;1-2;;/h4-5,8-9,13,15,17-18,26-27H,2-3,6-7,10-12,14H2,1H3,(H2,25,28,30);1H2;2*1H/b9-8-,26-20?;;;/t15-,18+;;;/m0.../s1. The van der Waals surface area contributed by atoms with E-state index in [1.807, 2.05) is 12.9 Å². The first kappa shape index (κ1) is 26.4. The molecule has 2 heterocycles. The number of piperidine rings is 1. The molecular weight excluding hydrogens is 432 g/mol. The highest BCUT2D eigenvalue weighted by Crippen LogP contribution is 2.39. The number of hydrogen-bond donors (Lipinski definition) is 3. The topological polar surface area (TPSA) is 121 Å². The molecule has 0 bridgehead atoms. The normalized spacial score (nSPS) is 24.4. The zero-order chi connectivity index (χ0) is 24.4. The number of aliphatic imine (C=N–C) groups is 1. The third-order valence-corrected chi connectivity index (χ3v) is 6.02. The second kappa shape index (κ2) is 12.4. The summed E-state index contributed by atoms with van der Waals surface area (Å²) in [4.78, 5) is 26.2. The summed E-state index contributed by atoms with van der Waals surface area (Å²) in [5.74, 6) is -4.39. The van der Waals surface area contributed by atoms with E-state index in [0.29, 0.717) is 12.1 Å². The molecule has 2 atom stereocenters. The second-order valence-corrected chi connectivity index (χ2v) is 8.29. The number of nitrogens with one attached hydrogen (secondary N) is 2. The van der Waals surface area contributed by atoms with Crippen molar-refractivity contribution >= 4 is 24.4 Å². The molecule has 1 saturated carbocycles. The van der Waals surface area contributed by atoms with Crippen LogP contribution in [0, 0.1) is 11.3 Å². The number of nitrogens with zero attached hydrogens (tertiary/aromatic N) is 2. The highest BCUT2D eigenvalue weighted by molar-refractivity contribution is 6.04. The number of carbonyl (C=O) groups excluding carboxylic acids is 2. The quantitative estimate of drug-likeness (QED) is 0.406. The second-order valence-electron chi connectivity index (χ2n) is 8.29. The molecule has 0 spiro atoms. The lowest BCUT2D eigenvalue weighted by Gasteiger charge is -2.41. The van der Waals surface area contributed by atoms with Crippen LogP contribution in [-0.4, -0.2) is 67.0 Å². The van der Waals surface area contributed by atoms with E-state index in [-0.39, 0.29) is 40.2 Å². The SMILES string of the molecule is C=O.C[C@@H](C(=O)N=C(N)/C=C\C(=N)OC1CCCC1)N1CCC(F)(F)[C@@H](C2=CNCC=C2)C1.[HH].[HH]. The van der Waals surface area contributed by atoms with Crippen molar-refractivity contribution in [3.05, 3.63) is 36.1 Å². The van der Waals surface area contributed by atoms with Crippen LogP contribution in [0.5, 0.6) is 0 Å². The van der Waals surface area contributed by atoms with Crippen molar-refractivity contribution < 1.29 is 26.0 Å². The molecule has 2 aliphatic heterocycles. The molecule has 1 aliphatic carbocycles. The van der Waals surface area contributed by atoms with Gasteiger partial charge in [0.15, 0.2) is 0 Å². The summed E-state index contributed by atoms with van der Waals surface area (Å²) in [6, 6.07) is -0.680. The predicted octanol–water partition coefficient (Wildman–Crippen LogP) is 3.06. The van der Waals surface area contributed by atoms with E-state index in [2.05, 4.69) is 10.3 Å². The van der Waals surface area contributed by atoms with E-state index < -0.39 is 23.8 Å². The van der Waals surface area contributed by atoms with Gasteiger partial charge in [-0.1, -0.05) is 12.2 Å². The number of rotatable bonds is 6. The molecule has 0 aromatic carbocycles. The summed E-state index contributed by atoms with van der Waals surface area (Å²) in [5.41, 5.74) is 6.35. The summed E-state index contributed by atoms with van der Waals surface area (Å²) in [6.07, 6.45) is 11.7. The van der Waals surface area contributed by atoms with Gasteiger partial charge in [-0.05, 0) is 44.3 Å². The average molecular weight is 470 g/mol. The molecule has 0 unspecified atom stereocenters. The Balaban J connectivity index is 0.00000282. The number of allylic oxidation sites excluding steroid dienone is 1. The third-order valence-electron chi connectivity index (χ3n) is 6.02. The Morgan fingerprint density at radius 2 is 2.12 bits per heavy atom. The van der Waals surface area contributed by atoms with Crippen molar-refractivity contribution in [1.29, 1.82) is 5.41 Å². The Bertz CT molecular complexity index is 830. The van der Waals surface area contributed by atoms with Gasteiger partial charge < -0.3 is 20.6 Å². The Labute approximate surface area is 196 Å². The van der Waals surface area contributed by atoms with E-state index >= 15 is 0 Å². The minimum Gasteiger partial charge on any atom is -0.475 e. The van der Waals surface area contributed by atoms with Crippen LogP contribution >= 0.6 is 0 Å². The van der Waals surface area contributed by atoms with Gasteiger partial charge in [0, 0.05) is 41.2 Å². The minimum absolute atomic E-state index is 0. The van der Waals surface area contributed by atoms with Crippen LogP contribution in [0.1, 0.15) is 41.9 Å². The highest BCUT2D eigenvalue weighted by atomic mass is 19.3. The van der Waals surface area contributed by atoms with Crippen molar-refractivity contribution in [3.63, 3.8) is 0 Å². The molecule has 2 fully saturated rings. The molecule has 0 aromatic heterocycles. The predicted molar refractivity (Wildman–Crippen MR) is 128 cm³/mol. The van der Waals surface area contributed by atoms with Crippen molar-refractivity contribution in [2.24, 2.45) is 16.6 Å². The Morgan fingerprint density at radius 1 is 1.42 bits per heavy atom. The van der Waals surface area contributed by atoms with Gasteiger partial charge in [-0.3, -0.25) is 15.1 Å². The summed E-state index contributed by atoms with van der Waals surface area (Å²) in [7, 11) is 0. The number of carbonyl (C=O) groups is 2. The number of ether oxygens (including phenoxy) is 1. The van der Waals surface area contributed by atoms with Crippen molar-refractivity contribution in [3.8, 4) is 0 Å². The maximum Gasteiger partial charge on any atom is 0.264 e. The van der Waals surface area contributed by atoms with Crippen molar-refractivity contribution in [2.75, 3.05) is 19.6 Å². The fourth-order valence-corrected chi connectivity index (χ4v) is 4.13. The summed E-state index contributed by atoms with van der Waals surface area (Å²) in [5, 5.41) is 10.8. The number of hydrogen-bond acceptors (Lipinski definition) is 6. The Morgan fingerprint density at radius 3 is 2.76 bits per heavy atom. The molecule has 3 rings (SSSR count). The van der Waals surface area contributed by atoms with Crippen LogP contribution in [0.2, 0.25) is 0 Å². The number of dihydropyridines is 1. The van der Waals surface area contributed by atoms with E-state index in [1.165, 1.54) is 12.2 Å². The summed E-state index contributed by atoms with van der Waals surface area (Å²) >= 11 is 0. The van der Waals surface area contributed by atoms with Crippen LogP contribution < -0.4 is 11.1 Å². The number of amides is 1. The zero-order valence-corrected chi connectivity index (χ0v) is 18.9. The Hall–Kier alpha value is -2.88. The fourth-order valence-electron chi connectivity index (χ4n) is 4.13. The molecule has 3 aliphatic rings. The first-order valence-electron chi connectivity index (χ1n) is 11.1. The van der Waals surface area contributed by atoms with Gasteiger partial charge in [0.2, 0.25) is 5.90 Å². The zero-order valence-electron chi connectivity index (χ0n) is 18.9. The first-order valence-corrected chi connectivity index (χ1v) is 11.1. The van der Waals surface area contributed by atoms with Crippen LogP contribution in [0.25, 0.3) is 0 Å². The van der Waals surface area contributed by atoms with Crippen LogP contribution in [-0.2, 0) is 14.3 Å². The number of amidine groups is 1. The fraction of sp³-hybridized carbons (Fsp3) is 0.565. The van der Waals surface area contributed by atoms with Gasteiger partial charge >= 0.3 is 0 Å². The molecule has 1 saturated heterocycles. The number of likely N-dealkylation sites (tertiary alicyclic amines) is 1. The first-order chi connectivity index (χ1) is 15.8. The smallest absolute Gasteiger partial charge is 0.264 e. The van der Waals surface area contributed by atoms with Crippen molar-refractivity contribution in [2.45, 2.75) is 57.1 Å². The van der Waals surface area contributed by atoms with E-state index in [4.69, 9.17) is 20.7 Å². The molecule has 8 nitrogen and oxygen atoms in total. The molecule has 1 amide bonds. The number of halogens is 2. The molecule has 0 radical (unpaired) electrons. The molecule has 186 valence electrons. The van der Waals surface area contributed by atoms with Gasteiger partial charge in [0.1, 0.15) is 18.7 Å². The number of alkyl halides is 2. The van der Waals surface area contributed by atoms with Crippen LogP contribution in [0.15, 0.2) is 41.1 Å². The molecular formula is C23H37F2N5O3. The average Bonchev–Trinajstić information content (AvgIpc) is 3.32. The van der Waals surface area contributed by atoms with Gasteiger partial charge in [0.05, 0.1) is 12.0 Å². The van der Waals surface area contributed by atoms with Crippen molar-refractivity contribution in [1.82, 2.24) is 10.2 Å². The molecule has 10 heteroatoms. The maximum atomic E-state index is 14.5. The Kier molecular flexibility index (Phi) is 9.90. The van der Waals surface area contributed by atoms with E-state index in [0.717, 1.165) is 25.7 Å². The van der Waals surface area contributed by atoms with E-state index in [1.54, 1.807) is 24.1 Å². The highest BCUT2D eigenvalue weighted by Gasteiger charge is 2.46. The largest absolute Gasteiger partial charge is 0.475 e.